The molecule has 4 saturated heterocycles. The van der Waals surface area contributed by atoms with Gasteiger partial charge in [0.1, 0.15) is 0 Å². The number of thioether (sulfide) groups is 1. The van der Waals surface area contributed by atoms with E-state index in [2.05, 4.69) is 22.0 Å². The van der Waals surface area contributed by atoms with Gasteiger partial charge in [0.25, 0.3) is 0 Å². The van der Waals surface area contributed by atoms with Gasteiger partial charge in [-0.05, 0) is 69.7 Å². The van der Waals surface area contributed by atoms with Crippen LogP contribution < -0.4 is 5.32 Å². The molecular formula is C22H38N2O2S. The highest BCUT2D eigenvalue weighted by Gasteiger charge is 2.47. The van der Waals surface area contributed by atoms with E-state index in [1.807, 2.05) is 0 Å². The predicted octanol–water partition coefficient (Wildman–Crippen LogP) is 3.65. The van der Waals surface area contributed by atoms with Crippen molar-refractivity contribution in [3.05, 3.63) is 0 Å². The molecule has 0 amide bonds. The maximum absolute atomic E-state index is 6.60. The Balaban J connectivity index is 1.35. The molecule has 0 aromatic heterocycles. The molecule has 6 rings (SSSR count). The molecule has 1 spiro atoms. The normalized spacial score (nSPS) is 46.9. The van der Waals surface area contributed by atoms with Crippen molar-refractivity contribution >= 4 is 11.8 Å². The molecule has 0 aromatic rings. The first-order chi connectivity index (χ1) is 13.3. The highest BCUT2D eigenvalue weighted by atomic mass is 32.2. The molecule has 27 heavy (non-hydrogen) atoms. The average molecular weight is 395 g/mol. The Kier molecular flexibility index (Phi) is 6.04. The lowest BCUT2D eigenvalue weighted by Crippen LogP contribution is -2.62. The van der Waals surface area contributed by atoms with E-state index in [0.29, 0.717) is 18.2 Å². The van der Waals surface area contributed by atoms with Crippen molar-refractivity contribution in [3.63, 3.8) is 0 Å². The van der Waals surface area contributed by atoms with E-state index in [1.54, 1.807) is 0 Å². The number of nitrogens with one attached hydrogen (secondary N) is 1. The molecule has 2 bridgehead atoms. The van der Waals surface area contributed by atoms with Gasteiger partial charge in [-0.15, -0.1) is 11.8 Å². The first kappa shape index (κ1) is 19.2. The van der Waals surface area contributed by atoms with E-state index in [9.17, 15) is 0 Å². The van der Waals surface area contributed by atoms with Crippen LogP contribution in [0.15, 0.2) is 0 Å². The van der Waals surface area contributed by atoms with Crippen molar-refractivity contribution in [2.45, 2.75) is 87.3 Å². The van der Waals surface area contributed by atoms with Gasteiger partial charge in [-0.25, -0.2) is 0 Å². The zero-order chi connectivity index (χ0) is 18.1. The number of hydrogen-bond acceptors (Lipinski definition) is 5. The lowest BCUT2D eigenvalue weighted by Gasteiger charge is -2.48. The average Bonchev–Trinajstić information content (AvgIpc) is 3.17. The van der Waals surface area contributed by atoms with Crippen molar-refractivity contribution in [2.75, 3.05) is 38.6 Å². The van der Waals surface area contributed by atoms with Crippen molar-refractivity contribution in [2.24, 2.45) is 11.8 Å². The predicted molar refractivity (Wildman–Crippen MR) is 111 cm³/mol. The highest BCUT2D eigenvalue weighted by molar-refractivity contribution is 8.00. The van der Waals surface area contributed by atoms with Crippen LogP contribution in [0.25, 0.3) is 0 Å². The van der Waals surface area contributed by atoms with Gasteiger partial charge in [0.15, 0.2) is 0 Å². The minimum atomic E-state index is 0.225. The quantitative estimate of drug-likeness (QED) is 0.678. The van der Waals surface area contributed by atoms with Crippen LogP contribution in [0, 0.1) is 11.8 Å². The largest absolute Gasteiger partial charge is 0.377 e. The van der Waals surface area contributed by atoms with Crippen LogP contribution in [0.1, 0.15) is 64.2 Å². The van der Waals surface area contributed by atoms with Gasteiger partial charge in [0.2, 0.25) is 0 Å². The molecule has 2 aliphatic carbocycles. The number of rotatable bonds is 0. The fraction of sp³-hybridized carbons (Fsp3) is 1.00. The van der Waals surface area contributed by atoms with Crippen molar-refractivity contribution in [1.82, 2.24) is 10.2 Å². The molecular weight excluding hydrogens is 356 g/mol. The minimum absolute atomic E-state index is 0.225. The molecule has 6 fully saturated rings. The number of nitrogens with zero attached hydrogens (tertiary/aromatic N) is 1. The standard InChI is InChI=1S/C22H38N2O2S/c1-2-5-20-19(4-1)17-6-8-18(9-7-17)26-16-21-22(23-11-15-27-22)10-3-12-24(21)13-14-25-20/h17-21,23H,1-16H2/t17?,18?,19?,20?,21-,22-/m0/s1. The number of fused-ring (bicyclic) bond motifs is 5. The summed E-state index contributed by atoms with van der Waals surface area (Å²) in [5.74, 6) is 2.95. The molecule has 4 nitrogen and oxygen atoms in total. The summed E-state index contributed by atoms with van der Waals surface area (Å²) in [7, 11) is 0. The van der Waals surface area contributed by atoms with Crippen LogP contribution in [-0.2, 0) is 9.47 Å². The Bertz CT molecular complexity index is 491. The fourth-order valence-corrected chi connectivity index (χ4v) is 8.17. The second-order valence-corrected chi connectivity index (χ2v) is 11.0. The summed E-state index contributed by atoms with van der Waals surface area (Å²) in [6, 6.07) is 0.503. The SMILES string of the molecule is C1CCC2C3CCC(CC3)OC[C@@H]3N(CCC[C@@]34NCCS4)CCOC2C1. The van der Waals surface area contributed by atoms with Crippen molar-refractivity contribution in [1.29, 1.82) is 0 Å². The number of piperidine rings is 1. The Morgan fingerprint density at radius 2 is 1.81 bits per heavy atom. The zero-order valence-corrected chi connectivity index (χ0v) is 17.7. The summed E-state index contributed by atoms with van der Waals surface area (Å²) in [5.41, 5.74) is 0. The van der Waals surface area contributed by atoms with Gasteiger partial charge in [-0.2, -0.15) is 0 Å². The second-order valence-electron chi connectivity index (χ2n) is 9.55. The highest BCUT2D eigenvalue weighted by Crippen LogP contribution is 2.43. The van der Waals surface area contributed by atoms with Crippen LogP contribution >= 0.6 is 11.8 Å². The van der Waals surface area contributed by atoms with Crippen molar-refractivity contribution in [3.8, 4) is 0 Å². The summed E-state index contributed by atoms with van der Waals surface area (Å²) in [4.78, 5) is 2.93. The van der Waals surface area contributed by atoms with E-state index in [4.69, 9.17) is 9.47 Å². The number of ether oxygens (including phenoxy) is 2. The van der Waals surface area contributed by atoms with Crippen LogP contribution in [-0.4, -0.2) is 66.6 Å². The summed E-state index contributed by atoms with van der Waals surface area (Å²) >= 11 is 2.16. The van der Waals surface area contributed by atoms with Gasteiger partial charge < -0.3 is 14.8 Å². The van der Waals surface area contributed by atoms with E-state index >= 15 is 0 Å². The Morgan fingerprint density at radius 1 is 0.926 bits per heavy atom. The van der Waals surface area contributed by atoms with Crippen LogP contribution in [0.2, 0.25) is 0 Å². The van der Waals surface area contributed by atoms with Crippen LogP contribution in [0.4, 0.5) is 0 Å². The topological polar surface area (TPSA) is 33.7 Å². The lowest BCUT2D eigenvalue weighted by atomic mass is 9.71. The third kappa shape index (κ3) is 3.96. The monoisotopic (exact) mass is 394 g/mol. The van der Waals surface area contributed by atoms with Gasteiger partial charge >= 0.3 is 0 Å². The summed E-state index contributed by atoms with van der Waals surface area (Å²) in [6.07, 6.45) is 14.4. The molecule has 5 heteroatoms. The molecule has 6 aliphatic rings. The molecule has 4 aliphatic heterocycles. The molecule has 154 valence electrons. The Labute approximate surface area is 169 Å². The van der Waals surface area contributed by atoms with Gasteiger partial charge in [-0.3, -0.25) is 4.90 Å². The molecule has 2 unspecified atom stereocenters. The Morgan fingerprint density at radius 3 is 2.67 bits per heavy atom. The Hall–Kier alpha value is 0.190. The molecule has 4 atom stereocenters. The molecule has 0 aromatic carbocycles. The van der Waals surface area contributed by atoms with Gasteiger partial charge in [0.05, 0.1) is 36.3 Å². The van der Waals surface area contributed by atoms with E-state index in [1.165, 1.54) is 76.5 Å². The van der Waals surface area contributed by atoms with Crippen molar-refractivity contribution < 1.29 is 9.47 Å². The maximum Gasteiger partial charge on any atom is 0.0826 e. The smallest absolute Gasteiger partial charge is 0.0826 e. The number of hydrogen-bond donors (Lipinski definition) is 1. The first-order valence-corrected chi connectivity index (χ1v) is 12.7. The molecule has 2 saturated carbocycles. The summed E-state index contributed by atoms with van der Waals surface area (Å²) in [5, 5.41) is 3.88. The first-order valence-electron chi connectivity index (χ1n) is 11.7. The van der Waals surface area contributed by atoms with Gasteiger partial charge in [-0.1, -0.05) is 12.8 Å². The van der Waals surface area contributed by atoms with Crippen LogP contribution in [0.5, 0.6) is 0 Å². The van der Waals surface area contributed by atoms with Crippen LogP contribution in [0.3, 0.4) is 0 Å². The van der Waals surface area contributed by atoms with E-state index in [0.717, 1.165) is 38.1 Å². The van der Waals surface area contributed by atoms with Gasteiger partial charge in [0, 0.05) is 18.8 Å². The molecule has 0 radical (unpaired) electrons. The zero-order valence-electron chi connectivity index (χ0n) is 16.9. The third-order valence-corrected chi connectivity index (χ3v) is 9.68. The molecule has 1 N–H and O–H groups in total. The van der Waals surface area contributed by atoms with E-state index < -0.39 is 0 Å². The summed E-state index contributed by atoms with van der Waals surface area (Å²) < 4.78 is 13.2. The van der Waals surface area contributed by atoms with E-state index in [-0.39, 0.29) is 4.87 Å². The lowest BCUT2D eigenvalue weighted by molar-refractivity contribution is -0.0476. The maximum atomic E-state index is 6.60. The summed E-state index contributed by atoms with van der Waals surface area (Å²) in [6.45, 7) is 5.26. The fourth-order valence-electron chi connectivity index (χ4n) is 6.69. The third-order valence-electron chi connectivity index (χ3n) is 8.14. The molecule has 4 heterocycles. The second kappa shape index (κ2) is 8.51. The minimum Gasteiger partial charge on any atom is -0.377 e.